The second kappa shape index (κ2) is 6.16. The van der Waals surface area contributed by atoms with Gasteiger partial charge in [-0.25, -0.2) is 4.79 Å². The van der Waals surface area contributed by atoms with E-state index in [4.69, 9.17) is 9.52 Å². The first-order valence-corrected chi connectivity index (χ1v) is 5.29. The zero-order valence-corrected chi connectivity index (χ0v) is 8.90. The van der Waals surface area contributed by atoms with Gasteiger partial charge in [-0.15, -0.1) is 10.2 Å². The lowest BCUT2D eigenvalue weighted by Gasteiger charge is -1.96. The van der Waals surface area contributed by atoms with Crippen LogP contribution in [0.4, 0.5) is 0 Å². The van der Waals surface area contributed by atoms with Crippen molar-refractivity contribution in [1.82, 2.24) is 10.2 Å². The van der Waals surface area contributed by atoms with Crippen LogP contribution in [0.15, 0.2) is 4.42 Å². The Bertz CT molecular complexity index is 309. The number of rotatable bonds is 7. The van der Waals surface area contributed by atoms with E-state index in [1.54, 1.807) is 0 Å². The highest BCUT2D eigenvalue weighted by atomic mass is 16.4. The standard InChI is InChI=1S/C10H16N2O3/c1-2-3-4-5-6-7-8-11-12-9(15-8)10(13)14/h2-7H2,1H3,(H,13,14). The maximum absolute atomic E-state index is 10.4. The Labute approximate surface area is 88.5 Å². The molecular weight excluding hydrogens is 196 g/mol. The first-order valence-electron chi connectivity index (χ1n) is 5.29. The van der Waals surface area contributed by atoms with E-state index in [2.05, 4.69) is 17.1 Å². The molecule has 0 amide bonds. The number of hydrogen-bond donors (Lipinski definition) is 1. The smallest absolute Gasteiger partial charge is 0.393 e. The molecule has 0 aromatic carbocycles. The SMILES string of the molecule is CCCCCCCc1nnc(C(=O)O)o1. The fraction of sp³-hybridized carbons (Fsp3) is 0.700. The maximum atomic E-state index is 10.4. The number of unbranched alkanes of at least 4 members (excludes halogenated alkanes) is 4. The quantitative estimate of drug-likeness (QED) is 0.701. The fourth-order valence-corrected chi connectivity index (χ4v) is 1.32. The molecular formula is C10H16N2O3. The van der Waals surface area contributed by atoms with Crippen LogP contribution in [0.1, 0.15) is 55.6 Å². The van der Waals surface area contributed by atoms with Gasteiger partial charge in [0.2, 0.25) is 5.89 Å². The molecule has 0 radical (unpaired) electrons. The molecule has 0 unspecified atom stereocenters. The lowest BCUT2D eigenvalue weighted by Crippen LogP contribution is -1.95. The van der Waals surface area contributed by atoms with E-state index in [0.717, 1.165) is 12.8 Å². The van der Waals surface area contributed by atoms with Crippen molar-refractivity contribution in [3.05, 3.63) is 11.8 Å². The topological polar surface area (TPSA) is 76.2 Å². The zero-order chi connectivity index (χ0) is 11.1. The summed E-state index contributed by atoms with van der Waals surface area (Å²) >= 11 is 0. The molecule has 1 aromatic rings. The van der Waals surface area contributed by atoms with Gasteiger partial charge in [-0.05, 0) is 6.42 Å². The molecule has 0 atom stereocenters. The van der Waals surface area contributed by atoms with E-state index in [0.29, 0.717) is 12.3 Å². The molecule has 5 nitrogen and oxygen atoms in total. The second-order valence-electron chi connectivity index (χ2n) is 3.47. The number of aryl methyl sites for hydroxylation is 1. The van der Waals surface area contributed by atoms with Crippen LogP contribution in [0, 0.1) is 0 Å². The summed E-state index contributed by atoms with van der Waals surface area (Å²) in [5.41, 5.74) is 0. The summed E-state index contributed by atoms with van der Waals surface area (Å²) in [6.07, 6.45) is 6.42. The summed E-state index contributed by atoms with van der Waals surface area (Å²) in [6.45, 7) is 2.16. The Morgan fingerprint density at radius 2 is 2.00 bits per heavy atom. The van der Waals surface area contributed by atoms with Crippen molar-refractivity contribution in [2.75, 3.05) is 0 Å². The third kappa shape index (κ3) is 4.10. The first kappa shape index (κ1) is 11.7. The number of aromatic nitrogens is 2. The highest BCUT2D eigenvalue weighted by Gasteiger charge is 2.11. The summed E-state index contributed by atoms with van der Waals surface area (Å²) in [5, 5.41) is 15.6. The van der Waals surface area contributed by atoms with Crippen LogP contribution in [-0.2, 0) is 6.42 Å². The normalized spacial score (nSPS) is 10.5. The van der Waals surface area contributed by atoms with E-state index >= 15 is 0 Å². The molecule has 0 saturated heterocycles. The molecule has 0 aliphatic heterocycles. The summed E-state index contributed by atoms with van der Waals surface area (Å²) in [5.74, 6) is -1.07. The van der Waals surface area contributed by atoms with Gasteiger partial charge in [0.25, 0.3) is 0 Å². The molecule has 0 bridgehead atoms. The molecule has 1 heterocycles. The van der Waals surface area contributed by atoms with Crippen molar-refractivity contribution < 1.29 is 14.3 Å². The molecule has 1 rings (SSSR count). The number of carboxylic acids is 1. The van der Waals surface area contributed by atoms with E-state index in [9.17, 15) is 4.79 Å². The van der Waals surface area contributed by atoms with Gasteiger partial charge in [0.15, 0.2) is 0 Å². The summed E-state index contributed by atoms with van der Waals surface area (Å²) in [6, 6.07) is 0. The average Bonchev–Trinajstić information content (AvgIpc) is 2.66. The summed E-state index contributed by atoms with van der Waals surface area (Å²) in [4.78, 5) is 10.4. The van der Waals surface area contributed by atoms with Crippen LogP contribution in [-0.4, -0.2) is 21.3 Å². The average molecular weight is 212 g/mol. The number of carboxylic acid groups (broad SMARTS) is 1. The molecule has 15 heavy (non-hydrogen) atoms. The minimum Gasteiger partial charge on any atom is -0.474 e. The highest BCUT2D eigenvalue weighted by molar-refractivity contribution is 5.81. The molecule has 1 aromatic heterocycles. The van der Waals surface area contributed by atoms with E-state index in [-0.39, 0.29) is 5.89 Å². The van der Waals surface area contributed by atoms with Crippen LogP contribution in [0.25, 0.3) is 0 Å². The van der Waals surface area contributed by atoms with Crippen molar-refractivity contribution in [3.8, 4) is 0 Å². The van der Waals surface area contributed by atoms with Crippen LogP contribution >= 0.6 is 0 Å². The Morgan fingerprint density at radius 3 is 2.60 bits per heavy atom. The lowest BCUT2D eigenvalue weighted by atomic mass is 10.1. The number of nitrogens with zero attached hydrogens (tertiary/aromatic N) is 2. The maximum Gasteiger partial charge on any atom is 0.393 e. The molecule has 0 saturated carbocycles. The third-order valence-electron chi connectivity index (χ3n) is 2.14. The molecule has 5 heteroatoms. The van der Waals surface area contributed by atoms with Crippen LogP contribution in [0.5, 0.6) is 0 Å². The van der Waals surface area contributed by atoms with Gasteiger partial charge in [-0.1, -0.05) is 32.6 Å². The van der Waals surface area contributed by atoms with E-state index in [1.807, 2.05) is 0 Å². The number of aromatic carboxylic acids is 1. The minimum absolute atomic E-state index is 0.321. The van der Waals surface area contributed by atoms with Crippen molar-refractivity contribution in [3.63, 3.8) is 0 Å². The molecule has 1 N–H and O–H groups in total. The predicted octanol–water partition coefficient (Wildman–Crippen LogP) is 2.28. The van der Waals surface area contributed by atoms with Crippen LogP contribution < -0.4 is 0 Å². The van der Waals surface area contributed by atoms with Crippen molar-refractivity contribution in [2.45, 2.75) is 45.4 Å². The summed E-state index contributed by atoms with van der Waals surface area (Å²) in [7, 11) is 0. The largest absolute Gasteiger partial charge is 0.474 e. The summed E-state index contributed by atoms with van der Waals surface area (Å²) < 4.78 is 4.93. The van der Waals surface area contributed by atoms with Gasteiger partial charge in [0.05, 0.1) is 0 Å². The Morgan fingerprint density at radius 1 is 1.27 bits per heavy atom. The van der Waals surface area contributed by atoms with Gasteiger partial charge in [0.1, 0.15) is 0 Å². The predicted molar refractivity (Wildman–Crippen MR) is 53.7 cm³/mol. The van der Waals surface area contributed by atoms with Crippen molar-refractivity contribution in [2.24, 2.45) is 0 Å². The number of carbonyl (C=O) groups is 1. The zero-order valence-electron chi connectivity index (χ0n) is 8.90. The molecule has 84 valence electrons. The fourth-order valence-electron chi connectivity index (χ4n) is 1.32. The van der Waals surface area contributed by atoms with Crippen LogP contribution in [0.3, 0.4) is 0 Å². The van der Waals surface area contributed by atoms with Gasteiger partial charge in [0, 0.05) is 6.42 Å². The Kier molecular flexibility index (Phi) is 4.80. The monoisotopic (exact) mass is 212 g/mol. The minimum atomic E-state index is -1.17. The molecule has 0 aliphatic carbocycles. The van der Waals surface area contributed by atoms with Gasteiger partial charge in [-0.3, -0.25) is 0 Å². The highest BCUT2D eigenvalue weighted by Crippen LogP contribution is 2.08. The van der Waals surface area contributed by atoms with Crippen molar-refractivity contribution >= 4 is 5.97 Å². The third-order valence-corrected chi connectivity index (χ3v) is 2.14. The molecule has 0 aliphatic rings. The lowest BCUT2D eigenvalue weighted by molar-refractivity contribution is 0.0651. The van der Waals surface area contributed by atoms with Crippen molar-refractivity contribution in [1.29, 1.82) is 0 Å². The molecule has 0 spiro atoms. The Hall–Kier alpha value is -1.39. The van der Waals surface area contributed by atoms with E-state index in [1.165, 1.54) is 19.3 Å². The number of hydrogen-bond acceptors (Lipinski definition) is 4. The Balaban J connectivity index is 2.23. The molecule has 0 fully saturated rings. The second-order valence-corrected chi connectivity index (χ2v) is 3.47. The van der Waals surface area contributed by atoms with Gasteiger partial charge in [-0.2, -0.15) is 0 Å². The van der Waals surface area contributed by atoms with Crippen LogP contribution in [0.2, 0.25) is 0 Å². The van der Waals surface area contributed by atoms with E-state index < -0.39 is 5.97 Å². The van der Waals surface area contributed by atoms with Gasteiger partial charge < -0.3 is 9.52 Å². The first-order chi connectivity index (χ1) is 7.24. The van der Waals surface area contributed by atoms with Gasteiger partial charge >= 0.3 is 11.9 Å².